The number of hydrogen-bond acceptors (Lipinski definition) is 4. The van der Waals surface area contributed by atoms with Crippen molar-refractivity contribution in [2.24, 2.45) is 0 Å². The van der Waals surface area contributed by atoms with Gasteiger partial charge in [-0.05, 0) is 18.2 Å². The summed E-state index contributed by atoms with van der Waals surface area (Å²) in [5.41, 5.74) is 0.740. The van der Waals surface area contributed by atoms with E-state index in [2.05, 4.69) is 20.9 Å². The number of rotatable bonds is 3. The first kappa shape index (κ1) is 13.4. The van der Waals surface area contributed by atoms with Crippen LogP contribution in [0.25, 0.3) is 0 Å². The fourth-order valence-corrected chi connectivity index (χ4v) is 2.25. The lowest BCUT2D eigenvalue weighted by Gasteiger charge is -2.26. The maximum atomic E-state index is 12.1. The van der Waals surface area contributed by atoms with Gasteiger partial charge in [0.1, 0.15) is 0 Å². The minimum Gasteiger partial charge on any atom is -0.319 e. The lowest BCUT2D eigenvalue weighted by Crippen LogP contribution is -2.43. The van der Waals surface area contributed by atoms with E-state index >= 15 is 0 Å². The Morgan fingerprint density at radius 3 is 2.85 bits per heavy atom. The van der Waals surface area contributed by atoms with Crippen LogP contribution in [0, 0.1) is 0 Å². The van der Waals surface area contributed by atoms with E-state index in [1.807, 2.05) is 0 Å². The van der Waals surface area contributed by atoms with Gasteiger partial charge in [-0.3, -0.25) is 4.79 Å². The summed E-state index contributed by atoms with van der Waals surface area (Å²) in [7, 11) is 0. The molecule has 0 spiro atoms. The zero-order valence-corrected chi connectivity index (χ0v) is 11.8. The summed E-state index contributed by atoms with van der Waals surface area (Å²) < 4.78 is 1.69. The number of benzene rings is 1. The van der Waals surface area contributed by atoms with Crippen LogP contribution in [0.1, 0.15) is 16.5 Å². The zero-order chi connectivity index (χ0) is 14.1. The molecule has 0 saturated carbocycles. The highest BCUT2D eigenvalue weighted by atomic mass is 35.5. The fourth-order valence-electron chi connectivity index (χ4n) is 1.80. The molecule has 1 fully saturated rings. The molecule has 1 aliphatic heterocycles. The third kappa shape index (κ3) is 2.63. The second-order valence-electron chi connectivity index (χ2n) is 4.47. The van der Waals surface area contributed by atoms with Crippen molar-refractivity contribution in [2.75, 3.05) is 18.4 Å². The number of aromatic nitrogens is 3. The van der Waals surface area contributed by atoms with Crippen molar-refractivity contribution in [3.63, 3.8) is 0 Å². The van der Waals surface area contributed by atoms with Gasteiger partial charge >= 0.3 is 0 Å². The molecule has 0 bridgehead atoms. The summed E-state index contributed by atoms with van der Waals surface area (Å²) in [6, 6.07) is 5.13. The molecular weight excluding hydrogens is 301 g/mol. The Kier molecular flexibility index (Phi) is 3.60. The molecule has 1 amide bonds. The van der Waals surface area contributed by atoms with E-state index in [1.165, 1.54) is 0 Å². The lowest BCUT2D eigenvalue weighted by molar-refractivity contribution is 0.102. The molecule has 0 atom stereocenters. The molecule has 1 aromatic heterocycles. The number of carbonyl (C=O) groups excluding carboxylic acids is 1. The van der Waals surface area contributed by atoms with E-state index in [1.54, 1.807) is 29.1 Å². The molecule has 1 aromatic carbocycles. The third-order valence-electron chi connectivity index (χ3n) is 3.06. The molecule has 6 nitrogen and oxygen atoms in total. The minimum absolute atomic E-state index is 0.253. The predicted octanol–water partition coefficient (Wildman–Crippen LogP) is 1.98. The van der Waals surface area contributed by atoms with Crippen LogP contribution >= 0.6 is 23.2 Å². The first-order chi connectivity index (χ1) is 9.63. The van der Waals surface area contributed by atoms with E-state index < -0.39 is 0 Å². The van der Waals surface area contributed by atoms with Gasteiger partial charge in [0.15, 0.2) is 5.69 Å². The van der Waals surface area contributed by atoms with Crippen LogP contribution in [0.3, 0.4) is 0 Å². The van der Waals surface area contributed by atoms with Crippen molar-refractivity contribution < 1.29 is 4.79 Å². The maximum Gasteiger partial charge on any atom is 0.277 e. The van der Waals surface area contributed by atoms with Crippen molar-refractivity contribution in [2.45, 2.75) is 6.04 Å². The van der Waals surface area contributed by atoms with Gasteiger partial charge < -0.3 is 10.6 Å². The number of carbonyl (C=O) groups is 1. The molecule has 2 heterocycles. The summed E-state index contributed by atoms with van der Waals surface area (Å²) in [6.07, 6.45) is 1.63. The van der Waals surface area contributed by atoms with Crippen LogP contribution in [-0.2, 0) is 0 Å². The first-order valence-electron chi connectivity index (χ1n) is 6.02. The first-order valence-corrected chi connectivity index (χ1v) is 6.78. The number of nitrogens with zero attached hydrogens (tertiary/aromatic N) is 3. The molecule has 1 saturated heterocycles. The van der Waals surface area contributed by atoms with Crippen molar-refractivity contribution >= 4 is 34.8 Å². The second kappa shape index (κ2) is 5.40. The SMILES string of the molecule is O=C(Nc1ccc(Cl)cc1Cl)c1cn(C2CNC2)nn1. The quantitative estimate of drug-likeness (QED) is 0.909. The van der Waals surface area contributed by atoms with Crippen LogP contribution in [0.4, 0.5) is 5.69 Å². The highest BCUT2D eigenvalue weighted by Crippen LogP contribution is 2.25. The van der Waals surface area contributed by atoms with Crippen LogP contribution in [0.15, 0.2) is 24.4 Å². The molecule has 0 radical (unpaired) electrons. The van der Waals surface area contributed by atoms with Gasteiger partial charge in [0, 0.05) is 18.1 Å². The van der Waals surface area contributed by atoms with Crippen LogP contribution in [0.5, 0.6) is 0 Å². The largest absolute Gasteiger partial charge is 0.319 e. The monoisotopic (exact) mass is 311 g/mol. The molecule has 0 aliphatic carbocycles. The van der Waals surface area contributed by atoms with Crippen molar-refractivity contribution in [3.8, 4) is 0 Å². The summed E-state index contributed by atoms with van der Waals surface area (Å²) in [6.45, 7) is 1.68. The van der Waals surface area contributed by atoms with Gasteiger partial charge in [0.25, 0.3) is 5.91 Å². The van der Waals surface area contributed by atoms with Crippen molar-refractivity contribution in [1.29, 1.82) is 0 Å². The van der Waals surface area contributed by atoms with Gasteiger partial charge in [0.2, 0.25) is 0 Å². The number of hydrogen-bond donors (Lipinski definition) is 2. The van der Waals surface area contributed by atoms with E-state index in [0.717, 1.165) is 13.1 Å². The molecule has 1 aliphatic rings. The molecule has 2 N–H and O–H groups in total. The lowest BCUT2D eigenvalue weighted by atomic mass is 10.2. The number of anilines is 1. The Morgan fingerprint density at radius 2 is 2.20 bits per heavy atom. The molecule has 20 heavy (non-hydrogen) atoms. The van der Waals surface area contributed by atoms with Crippen molar-refractivity contribution in [1.82, 2.24) is 20.3 Å². The third-order valence-corrected chi connectivity index (χ3v) is 3.60. The highest BCUT2D eigenvalue weighted by molar-refractivity contribution is 6.36. The molecule has 0 unspecified atom stereocenters. The van der Waals surface area contributed by atoms with Gasteiger partial charge in [-0.15, -0.1) is 5.10 Å². The van der Waals surface area contributed by atoms with E-state index in [0.29, 0.717) is 15.7 Å². The predicted molar refractivity (Wildman–Crippen MR) is 76.3 cm³/mol. The summed E-state index contributed by atoms with van der Waals surface area (Å²) in [5.74, 6) is -0.354. The topological polar surface area (TPSA) is 71.8 Å². The van der Waals surface area contributed by atoms with Gasteiger partial charge in [-0.2, -0.15) is 0 Å². The fraction of sp³-hybridized carbons (Fsp3) is 0.250. The number of amides is 1. The normalized spacial score (nSPS) is 14.9. The molecule has 104 valence electrons. The molecule has 2 aromatic rings. The maximum absolute atomic E-state index is 12.1. The van der Waals surface area contributed by atoms with Crippen LogP contribution in [-0.4, -0.2) is 34.0 Å². The summed E-state index contributed by atoms with van der Waals surface area (Å²) in [5, 5.41) is 14.5. The summed E-state index contributed by atoms with van der Waals surface area (Å²) >= 11 is 11.8. The second-order valence-corrected chi connectivity index (χ2v) is 5.32. The Balaban J connectivity index is 1.73. The molecular formula is C12H11Cl2N5O. The molecule has 3 rings (SSSR count). The Bertz CT molecular complexity index is 653. The minimum atomic E-state index is -0.354. The van der Waals surface area contributed by atoms with Crippen molar-refractivity contribution in [3.05, 3.63) is 40.1 Å². The van der Waals surface area contributed by atoms with E-state index in [9.17, 15) is 4.79 Å². The standard InChI is InChI=1S/C12H11Cl2N5O/c13-7-1-2-10(9(14)3-7)16-12(20)11-6-19(18-17-11)8-4-15-5-8/h1-3,6,8,15H,4-5H2,(H,16,20). The van der Waals surface area contributed by atoms with Crippen LogP contribution < -0.4 is 10.6 Å². The summed E-state index contributed by atoms with van der Waals surface area (Å²) in [4.78, 5) is 12.1. The van der Waals surface area contributed by atoms with Crippen LogP contribution in [0.2, 0.25) is 10.0 Å². The van der Waals surface area contributed by atoms with Gasteiger partial charge in [-0.25, -0.2) is 4.68 Å². The average Bonchev–Trinajstić information content (AvgIpc) is 2.80. The Labute approximate surface area is 125 Å². The molecule has 8 heteroatoms. The van der Waals surface area contributed by atoms with Gasteiger partial charge in [0.05, 0.1) is 22.9 Å². The Morgan fingerprint density at radius 1 is 1.40 bits per heavy atom. The van der Waals surface area contributed by atoms with E-state index in [-0.39, 0.29) is 17.6 Å². The van der Waals surface area contributed by atoms with E-state index in [4.69, 9.17) is 23.2 Å². The number of halogens is 2. The Hall–Kier alpha value is -1.63. The highest BCUT2D eigenvalue weighted by Gasteiger charge is 2.21. The zero-order valence-electron chi connectivity index (χ0n) is 10.3. The smallest absolute Gasteiger partial charge is 0.277 e. The van der Waals surface area contributed by atoms with Gasteiger partial charge in [-0.1, -0.05) is 28.4 Å². The average molecular weight is 312 g/mol. The number of nitrogens with one attached hydrogen (secondary N) is 2.